The lowest BCUT2D eigenvalue weighted by Crippen LogP contribution is -2.32. The highest BCUT2D eigenvalue weighted by Crippen LogP contribution is 2.19. The smallest absolute Gasteiger partial charge is 0.251 e. The van der Waals surface area contributed by atoms with E-state index >= 15 is 0 Å². The van der Waals surface area contributed by atoms with E-state index in [1.807, 2.05) is 19.9 Å². The van der Waals surface area contributed by atoms with Gasteiger partial charge in [-0.3, -0.25) is 9.59 Å². The van der Waals surface area contributed by atoms with Gasteiger partial charge >= 0.3 is 0 Å². The number of hydrogen-bond donors (Lipinski definition) is 3. The second-order valence-electron chi connectivity index (χ2n) is 5.75. The summed E-state index contributed by atoms with van der Waals surface area (Å²) in [7, 11) is 1.58. The standard InChI is InChI=1S/C19H22FN3O2/c1-12-16(19(25)21-3)5-4-6-17(12)22-11-18(24)23-13(2)14-7-9-15(20)10-8-14/h4-10,13,22H,11H2,1-3H3,(H,21,25)(H,23,24). The molecule has 2 amide bonds. The molecule has 0 spiro atoms. The van der Waals surface area contributed by atoms with E-state index < -0.39 is 0 Å². The third-order valence-electron chi connectivity index (χ3n) is 3.99. The van der Waals surface area contributed by atoms with Crippen LogP contribution in [0, 0.1) is 12.7 Å². The first kappa shape index (κ1) is 18.4. The van der Waals surface area contributed by atoms with Gasteiger partial charge in [0.25, 0.3) is 5.91 Å². The van der Waals surface area contributed by atoms with Crippen LogP contribution in [0.2, 0.25) is 0 Å². The van der Waals surface area contributed by atoms with Crippen molar-refractivity contribution in [2.75, 3.05) is 18.9 Å². The zero-order valence-electron chi connectivity index (χ0n) is 14.5. The molecule has 0 fully saturated rings. The lowest BCUT2D eigenvalue weighted by atomic mass is 10.1. The van der Waals surface area contributed by atoms with Crippen molar-refractivity contribution in [1.82, 2.24) is 10.6 Å². The molecule has 0 heterocycles. The fourth-order valence-electron chi connectivity index (χ4n) is 2.51. The van der Waals surface area contributed by atoms with Gasteiger partial charge in [-0.1, -0.05) is 18.2 Å². The topological polar surface area (TPSA) is 70.2 Å². The highest BCUT2D eigenvalue weighted by Gasteiger charge is 2.12. The van der Waals surface area contributed by atoms with Crippen molar-refractivity contribution >= 4 is 17.5 Å². The number of anilines is 1. The summed E-state index contributed by atoms with van der Waals surface area (Å²) in [6.45, 7) is 3.73. The van der Waals surface area contributed by atoms with Crippen molar-refractivity contribution in [2.45, 2.75) is 19.9 Å². The maximum Gasteiger partial charge on any atom is 0.251 e. The summed E-state index contributed by atoms with van der Waals surface area (Å²) in [5.74, 6) is -0.674. The molecule has 2 aromatic carbocycles. The largest absolute Gasteiger partial charge is 0.376 e. The van der Waals surface area contributed by atoms with E-state index in [1.54, 1.807) is 31.3 Å². The Morgan fingerprint density at radius 1 is 1.12 bits per heavy atom. The SMILES string of the molecule is CNC(=O)c1cccc(NCC(=O)NC(C)c2ccc(F)cc2)c1C. The summed E-state index contributed by atoms with van der Waals surface area (Å²) < 4.78 is 12.9. The Bertz CT molecular complexity index is 760. The van der Waals surface area contributed by atoms with Crippen molar-refractivity contribution in [1.29, 1.82) is 0 Å². The van der Waals surface area contributed by atoms with Gasteiger partial charge in [0.15, 0.2) is 0 Å². The van der Waals surface area contributed by atoms with E-state index in [0.29, 0.717) is 5.56 Å². The van der Waals surface area contributed by atoms with Crippen LogP contribution in [0.25, 0.3) is 0 Å². The molecule has 2 rings (SSSR count). The summed E-state index contributed by atoms with van der Waals surface area (Å²) in [5, 5.41) is 8.49. The van der Waals surface area contributed by atoms with Gasteiger partial charge in [-0.15, -0.1) is 0 Å². The van der Waals surface area contributed by atoms with E-state index in [-0.39, 0.29) is 30.2 Å². The number of nitrogens with one attached hydrogen (secondary N) is 3. The first-order chi connectivity index (χ1) is 11.9. The molecule has 0 aliphatic heterocycles. The monoisotopic (exact) mass is 343 g/mol. The van der Waals surface area contributed by atoms with E-state index in [4.69, 9.17) is 0 Å². The highest BCUT2D eigenvalue weighted by atomic mass is 19.1. The molecule has 0 aliphatic rings. The van der Waals surface area contributed by atoms with Crippen LogP contribution in [0.3, 0.4) is 0 Å². The van der Waals surface area contributed by atoms with Crippen LogP contribution in [-0.4, -0.2) is 25.4 Å². The fourth-order valence-corrected chi connectivity index (χ4v) is 2.51. The summed E-state index contributed by atoms with van der Waals surface area (Å²) in [6.07, 6.45) is 0. The van der Waals surface area contributed by atoms with Crippen LogP contribution < -0.4 is 16.0 Å². The number of carbonyl (C=O) groups excluding carboxylic acids is 2. The van der Waals surface area contributed by atoms with Crippen molar-refractivity contribution in [3.05, 3.63) is 65.0 Å². The minimum Gasteiger partial charge on any atom is -0.376 e. The second kappa shape index (κ2) is 8.28. The summed E-state index contributed by atoms with van der Waals surface area (Å²) in [4.78, 5) is 23.9. The Balaban J connectivity index is 1.96. The molecule has 1 unspecified atom stereocenters. The number of rotatable bonds is 6. The van der Waals surface area contributed by atoms with Crippen LogP contribution in [0.4, 0.5) is 10.1 Å². The Morgan fingerprint density at radius 3 is 2.44 bits per heavy atom. The zero-order chi connectivity index (χ0) is 18.4. The van der Waals surface area contributed by atoms with Crippen LogP contribution in [0.5, 0.6) is 0 Å². The van der Waals surface area contributed by atoms with Gasteiger partial charge in [-0.2, -0.15) is 0 Å². The minimum absolute atomic E-state index is 0.0730. The second-order valence-corrected chi connectivity index (χ2v) is 5.75. The molecule has 25 heavy (non-hydrogen) atoms. The Hall–Kier alpha value is -2.89. The van der Waals surface area contributed by atoms with Crippen molar-refractivity contribution < 1.29 is 14.0 Å². The molecule has 0 radical (unpaired) electrons. The molecule has 0 aliphatic carbocycles. The lowest BCUT2D eigenvalue weighted by molar-refractivity contribution is -0.120. The first-order valence-electron chi connectivity index (χ1n) is 8.02. The molecular weight excluding hydrogens is 321 g/mol. The number of benzene rings is 2. The molecule has 0 bridgehead atoms. The maximum atomic E-state index is 12.9. The van der Waals surface area contributed by atoms with E-state index in [9.17, 15) is 14.0 Å². The molecule has 0 saturated carbocycles. The average Bonchev–Trinajstić information content (AvgIpc) is 2.60. The molecular formula is C19H22FN3O2. The molecule has 1 atom stereocenters. The molecule has 6 heteroatoms. The van der Waals surface area contributed by atoms with E-state index in [2.05, 4.69) is 16.0 Å². The van der Waals surface area contributed by atoms with Crippen LogP contribution >= 0.6 is 0 Å². The Morgan fingerprint density at radius 2 is 1.80 bits per heavy atom. The van der Waals surface area contributed by atoms with Gasteiger partial charge in [0.2, 0.25) is 5.91 Å². The fraction of sp³-hybridized carbons (Fsp3) is 0.263. The highest BCUT2D eigenvalue weighted by molar-refractivity contribution is 5.97. The van der Waals surface area contributed by atoms with Crippen molar-refractivity contribution in [3.8, 4) is 0 Å². The predicted molar refractivity (Wildman–Crippen MR) is 96.0 cm³/mol. The quantitative estimate of drug-likeness (QED) is 0.755. The van der Waals surface area contributed by atoms with Gasteiger partial charge in [0, 0.05) is 18.3 Å². The number of hydrogen-bond acceptors (Lipinski definition) is 3. The van der Waals surface area contributed by atoms with Crippen LogP contribution in [0.1, 0.15) is 34.5 Å². The van der Waals surface area contributed by atoms with Crippen LogP contribution in [-0.2, 0) is 4.79 Å². The molecule has 3 N–H and O–H groups in total. The maximum absolute atomic E-state index is 12.9. The number of halogens is 1. The van der Waals surface area contributed by atoms with Gasteiger partial charge in [0.05, 0.1) is 12.6 Å². The third-order valence-corrected chi connectivity index (χ3v) is 3.99. The van der Waals surface area contributed by atoms with Gasteiger partial charge in [-0.05, 0) is 49.2 Å². The summed E-state index contributed by atoms with van der Waals surface area (Å²) in [6, 6.07) is 11.1. The molecule has 132 valence electrons. The van der Waals surface area contributed by atoms with E-state index in [1.165, 1.54) is 12.1 Å². The normalized spacial score (nSPS) is 11.5. The average molecular weight is 343 g/mol. The van der Waals surface area contributed by atoms with Gasteiger partial charge in [0.1, 0.15) is 5.82 Å². The van der Waals surface area contributed by atoms with Crippen molar-refractivity contribution in [2.24, 2.45) is 0 Å². The third kappa shape index (κ3) is 4.79. The van der Waals surface area contributed by atoms with Gasteiger partial charge < -0.3 is 16.0 Å². The lowest BCUT2D eigenvalue weighted by Gasteiger charge is -2.16. The van der Waals surface area contributed by atoms with Crippen molar-refractivity contribution in [3.63, 3.8) is 0 Å². The minimum atomic E-state index is -0.310. The Labute approximate surface area is 146 Å². The number of carbonyl (C=O) groups is 2. The summed E-state index contributed by atoms with van der Waals surface area (Å²) in [5.41, 5.74) is 2.90. The predicted octanol–water partition coefficient (Wildman–Crippen LogP) is 2.78. The molecule has 0 aromatic heterocycles. The first-order valence-corrected chi connectivity index (χ1v) is 8.02. The molecule has 5 nitrogen and oxygen atoms in total. The van der Waals surface area contributed by atoms with E-state index in [0.717, 1.165) is 16.8 Å². The number of amides is 2. The zero-order valence-corrected chi connectivity index (χ0v) is 14.5. The Kier molecular flexibility index (Phi) is 6.11. The van der Waals surface area contributed by atoms with Gasteiger partial charge in [-0.25, -0.2) is 4.39 Å². The molecule has 0 saturated heterocycles. The summed E-state index contributed by atoms with van der Waals surface area (Å²) >= 11 is 0. The van der Waals surface area contributed by atoms with Crippen LogP contribution in [0.15, 0.2) is 42.5 Å². The molecule has 2 aromatic rings.